The molecule has 1 fully saturated rings. The molecule has 20 heavy (non-hydrogen) atoms. The molecule has 1 aliphatic heterocycles. The van der Waals surface area contributed by atoms with Crippen LogP contribution in [0.1, 0.15) is 28.3 Å². The van der Waals surface area contributed by atoms with Gasteiger partial charge in [0.1, 0.15) is 5.69 Å². The number of aromatic amines is 1. The predicted octanol–water partition coefficient (Wildman–Crippen LogP) is 2.04. The Labute approximate surface area is 121 Å². The SMILES string of the molecule is Cc1nc(-c2c[nH]c(C(=O)N3CCC[C@H]3CO)c2)cs1. The summed E-state index contributed by atoms with van der Waals surface area (Å²) in [4.78, 5) is 21.6. The molecule has 2 N–H and O–H groups in total. The molecule has 2 aromatic heterocycles. The molecule has 1 atom stereocenters. The van der Waals surface area contributed by atoms with E-state index in [1.807, 2.05) is 24.6 Å². The van der Waals surface area contributed by atoms with Crippen molar-refractivity contribution in [1.82, 2.24) is 14.9 Å². The van der Waals surface area contributed by atoms with Crippen molar-refractivity contribution in [1.29, 1.82) is 0 Å². The third-order valence-corrected chi connectivity index (χ3v) is 4.45. The fourth-order valence-electron chi connectivity index (χ4n) is 2.61. The van der Waals surface area contributed by atoms with E-state index >= 15 is 0 Å². The van der Waals surface area contributed by atoms with E-state index in [9.17, 15) is 9.90 Å². The second-order valence-electron chi connectivity index (χ2n) is 5.03. The van der Waals surface area contributed by atoms with Crippen LogP contribution in [0.15, 0.2) is 17.6 Å². The average Bonchev–Trinajstić information content (AvgIpc) is 3.17. The summed E-state index contributed by atoms with van der Waals surface area (Å²) in [6.07, 6.45) is 3.64. The molecule has 106 valence electrons. The highest BCUT2D eigenvalue weighted by Crippen LogP contribution is 2.24. The Morgan fingerprint density at radius 1 is 1.65 bits per heavy atom. The van der Waals surface area contributed by atoms with Crippen LogP contribution in [0, 0.1) is 6.92 Å². The van der Waals surface area contributed by atoms with Crippen LogP contribution in [0.3, 0.4) is 0 Å². The number of rotatable bonds is 3. The van der Waals surface area contributed by atoms with Gasteiger partial charge in [-0.25, -0.2) is 4.98 Å². The van der Waals surface area contributed by atoms with Gasteiger partial charge in [-0.05, 0) is 25.8 Å². The number of hydrogen-bond donors (Lipinski definition) is 2. The minimum absolute atomic E-state index is 0.0323. The van der Waals surface area contributed by atoms with Crippen molar-refractivity contribution in [2.24, 2.45) is 0 Å². The molecule has 0 bridgehead atoms. The number of aryl methyl sites for hydroxylation is 1. The van der Waals surface area contributed by atoms with Crippen molar-refractivity contribution in [3.05, 3.63) is 28.3 Å². The molecular formula is C14H17N3O2S. The van der Waals surface area contributed by atoms with E-state index in [-0.39, 0.29) is 18.6 Å². The molecule has 0 radical (unpaired) electrons. The molecule has 0 aliphatic carbocycles. The largest absolute Gasteiger partial charge is 0.394 e. The zero-order valence-electron chi connectivity index (χ0n) is 11.3. The number of aromatic nitrogens is 2. The van der Waals surface area contributed by atoms with Gasteiger partial charge in [0.2, 0.25) is 0 Å². The van der Waals surface area contributed by atoms with Gasteiger partial charge in [-0.3, -0.25) is 4.79 Å². The van der Waals surface area contributed by atoms with Crippen LogP contribution in [0.25, 0.3) is 11.3 Å². The first-order chi connectivity index (χ1) is 9.69. The van der Waals surface area contributed by atoms with Crippen molar-refractivity contribution in [3.8, 4) is 11.3 Å². The lowest BCUT2D eigenvalue weighted by Crippen LogP contribution is -2.37. The van der Waals surface area contributed by atoms with Crippen LogP contribution in [0.5, 0.6) is 0 Å². The smallest absolute Gasteiger partial charge is 0.270 e. The quantitative estimate of drug-likeness (QED) is 0.909. The summed E-state index contributed by atoms with van der Waals surface area (Å²) in [7, 11) is 0. The molecule has 1 aliphatic rings. The number of H-pyrrole nitrogens is 1. The molecular weight excluding hydrogens is 274 g/mol. The first kappa shape index (κ1) is 13.3. The number of aliphatic hydroxyl groups excluding tert-OH is 1. The summed E-state index contributed by atoms with van der Waals surface area (Å²) in [5.74, 6) is -0.0419. The number of nitrogens with one attached hydrogen (secondary N) is 1. The standard InChI is InChI=1S/C14H17N3O2S/c1-9-16-13(8-20-9)10-5-12(15-6-10)14(19)17-4-2-3-11(17)7-18/h5-6,8,11,15,18H,2-4,7H2,1H3/t11-/m0/s1. The normalized spacial score (nSPS) is 18.7. The van der Waals surface area contributed by atoms with Crippen LogP contribution in [-0.2, 0) is 0 Å². The summed E-state index contributed by atoms with van der Waals surface area (Å²) in [5.41, 5.74) is 2.38. The predicted molar refractivity (Wildman–Crippen MR) is 77.8 cm³/mol. The van der Waals surface area contributed by atoms with Crippen molar-refractivity contribution >= 4 is 17.2 Å². The van der Waals surface area contributed by atoms with E-state index in [0.717, 1.165) is 29.1 Å². The highest BCUT2D eigenvalue weighted by atomic mass is 32.1. The van der Waals surface area contributed by atoms with Gasteiger partial charge < -0.3 is 15.0 Å². The van der Waals surface area contributed by atoms with Crippen LogP contribution in [0.4, 0.5) is 0 Å². The van der Waals surface area contributed by atoms with Crippen LogP contribution in [-0.4, -0.2) is 45.1 Å². The van der Waals surface area contributed by atoms with Crippen LogP contribution >= 0.6 is 11.3 Å². The number of carbonyl (C=O) groups is 1. The van der Waals surface area contributed by atoms with E-state index in [1.165, 1.54) is 0 Å². The molecule has 0 saturated carbocycles. The lowest BCUT2D eigenvalue weighted by molar-refractivity contribution is 0.0672. The number of likely N-dealkylation sites (tertiary alicyclic amines) is 1. The highest BCUT2D eigenvalue weighted by Gasteiger charge is 2.29. The number of carbonyl (C=O) groups excluding carboxylic acids is 1. The summed E-state index contributed by atoms with van der Waals surface area (Å²) < 4.78 is 0. The van der Waals surface area contributed by atoms with Gasteiger partial charge in [0.15, 0.2) is 0 Å². The van der Waals surface area contributed by atoms with Crippen molar-refractivity contribution in [2.45, 2.75) is 25.8 Å². The van der Waals surface area contributed by atoms with Crippen molar-refractivity contribution < 1.29 is 9.90 Å². The van der Waals surface area contributed by atoms with E-state index < -0.39 is 0 Å². The fourth-order valence-corrected chi connectivity index (χ4v) is 3.23. The summed E-state index contributed by atoms with van der Waals surface area (Å²) in [6, 6.07) is 1.79. The van der Waals surface area contributed by atoms with E-state index in [1.54, 1.807) is 16.2 Å². The Morgan fingerprint density at radius 2 is 2.50 bits per heavy atom. The lowest BCUT2D eigenvalue weighted by Gasteiger charge is -2.22. The Hall–Kier alpha value is -1.66. The second-order valence-corrected chi connectivity index (χ2v) is 6.09. The number of aliphatic hydroxyl groups is 1. The first-order valence-corrected chi connectivity index (χ1v) is 7.59. The maximum atomic E-state index is 12.4. The van der Waals surface area contributed by atoms with Gasteiger partial charge in [0.25, 0.3) is 5.91 Å². The molecule has 6 heteroatoms. The van der Waals surface area contributed by atoms with Gasteiger partial charge >= 0.3 is 0 Å². The monoisotopic (exact) mass is 291 g/mol. The second kappa shape index (κ2) is 5.38. The number of amides is 1. The van der Waals surface area contributed by atoms with Gasteiger partial charge in [0.05, 0.1) is 23.4 Å². The molecule has 1 saturated heterocycles. The highest BCUT2D eigenvalue weighted by molar-refractivity contribution is 7.09. The zero-order valence-corrected chi connectivity index (χ0v) is 12.1. The van der Waals surface area contributed by atoms with Gasteiger partial charge in [-0.15, -0.1) is 11.3 Å². The van der Waals surface area contributed by atoms with Crippen LogP contribution in [0.2, 0.25) is 0 Å². The van der Waals surface area contributed by atoms with Crippen molar-refractivity contribution in [2.75, 3.05) is 13.2 Å². The molecule has 3 heterocycles. The molecule has 2 aromatic rings. The Balaban J connectivity index is 1.81. The summed E-state index contributed by atoms with van der Waals surface area (Å²) in [5, 5.41) is 12.3. The van der Waals surface area contributed by atoms with Gasteiger partial charge in [0, 0.05) is 23.7 Å². The Morgan fingerprint density at radius 3 is 3.20 bits per heavy atom. The molecule has 5 nitrogen and oxygen atoms in total. The average molecular weight is 291 g/mol. The first-order valence-electron chi connectivity index (χ1n) is 6.72. The van der Waals surface area contributed by atoms with E-state index in [0.29, 0.717) is 12.2 Å². The summed E-state index contributed by atoms with van der Waals surface area (Å²) in [6.45, 7) is 2.71. The number of nitrogens with zero attached hydrogens (tertiary/aromatic N) is 2. The maximum absolute atomic E-state index is 12.4. The third kappa shape index (κ3) is 2.36. The summed E-state index contributed by atoms with van der Waals surface area (Å²) >= 11 is 1.59. The van der Waals surface area contributed by atoms with E-state index in [2.05, 4.69) is 9.97 Å². The van der Waals surface area contributed by atoms with E-state index in [4.69, 9.17) is 0 Å². The topological polar surface area (TPSA) is 69.2 Å². The molecule has 0 unspecified atom stereocenters. The third-order valence-electron chi connectivity index (χ3n) is 3.68. The number of thiazole rings is 1. The fraction of sp³-hybridized carbons (Fsp3) is 0.429. The van der Waals surface area contributed by atoms with Crippen molar-refractivity contribution in [3.63, 3.8) is 0 Å². The zero-order chi connectivity index (χ0) is 14.1. The lowest BCUT2D eigenvalue weighted by atomic mass is 10.2. The molecule has 0 aromatic carbocycles. The van der Waals surface area contributed by atoms with Gasteiger partial charge in [-0.1, -0.05) is 0 Å². The molecule has 3 rings (SSSR count). The number of hydrogen-bond acceptors (Lipinski definition) is 4. The minimum atomic E-state index is -0.0456. The maximum Gasteiger partial charge on any atom is 0.270 e. The Bertz CT molecular complexity index is 619. The minimum Gasteiger partial charge on any atom is -0.394 e. The van der Waals surface area contributed by atoms with Crippen LogP contribution < -0.4 is 0 Å². The molecule has 0 spiro atoms. The molecule has 1 amide bonds. The van der Waals surface area contributed by atoms with Gasteiger partial charge in [-0.2, -0.15) is 0 Å². The Kier molecular flexibility index (Phi) is 3.58.